The van der Waals surface area contributed by atoms with E-state index in [1.165, 1.54) is 36.0 Å². The Labute approximate surface area is 240 Å². The van der Waals surface area contributed by atoms with E-state index >= 15 is 0 Å². The number of aromatic nitrogens is 1. The fraction of sp³-hybridized carbons (Fsp3) is 0.125. The lowest BCUT2D eigenvalue weighted by atomic mass is 9.99. The van der Waals surface area contributed by atoms with Gasteiger partial charge in [-0.3, -0.25) is 4.79 Å². The average Bonchev–Trinajstić information content (AvgIpc) is 3.30. The van der Waals surface area contributed by atoms with Crippen molar-refractivity contribution < 1.29 is 19.1 Å². The van der Waals surface area contributed by atoms with Gasteiger partial charge in [-0.1, -0.05) is 53.7 Å². The van der Waals surface area contributed by atoms with Crippen molar-refractivity contribution in [2.75, 3.05) is 0 Å². The number of nitrogens with zero attached hydrogens (tertiary/aromatic N) is 1. The highest BCUT2D eigenvalue weighted by atomic mass is 35.5. The molecule has 2 N–H and O–H groups in total. The number of hydrogen-bond donors (Lipinski definition) is 2. The highest BCUT2D eigenvalue weighted by molar-refractivity contribution is 7.99. The number of fused-ring (bicyclic) bond motifs is 1. The number of benzene rings is 4. The third-order valence-corrected chi connectivity index (χ3v) is 7.81. The molecule has 4 aromatic carbocycles. The van der Waals surface area contributed by atoms with E-state index in [0.717, 1.165) is 37.4 Å². The first-order chi connectivity index (χ1) is 19.2. The maximum Gasteiger partial charge on any atom is 0.335 e. The van der Waals surface area contributed by atoms with E-state index in [1.54, 1.807) is 24.3 Å². The molecule has 1 aromatic heterocycles. The van der Waals surface area contributed by atoms with Crippen molar-refractivity contribution in [3.63, 3.8) is 0 Å². The first-order valence-electron chi connectivity index (χ1n) is 12.7. The maximum atomic E-state index is 13.8. The number of amides is 1. The van der Waals surface area contributed by atoms with Crippen LogP contribution in [-0.2, 0) is 6.54 Å². The molecule has 0 saturated heterocycles. The third-order valence-electron chi connectivity index (χ3n) is 6.55. The summed E-state index contributed by atoms with van der Waals surface area (Å²) in [5.74, 6) is -1.61. The van der Waals surface area contributed by atoms with Gasteiger partial charge in [0.05, 0.1) is 16.6 Å². The van der Waals surface area contributed by atoms with Gasteiger partial charge in [0.15, 0.2) is 0 Å². The summed E-state index contributed by atoms with van der Waals surface area (Å²) in [6, 6.07) is 24.2. The Kier molecular flexibility index (Phi) is 7.96. The molecule has 0 atom stereocenters. The summed E-state index contributed by atoms with van der Waals surface area (Å²) in [5.41, 5.74) is 3.92. The minimum atomic E-state index is -1.00. The van der Waals surface area contributed by atoms with Crippen molar-refractivity contribution in [2.45, 2.75) is 36.2 Å². The number of carboxylic acid groups (broad SMARTS) is 1. The number of carboxylic acids is 1. The van der Waals surface area contributed by atoms with E-state index < -0.39 is 5.97 Å². The number of rotatable bonds is 8. The average molecular weight is 573 g/mol. The molecule has 0 unspecified atom stereocenters. The first-order valence-corrected chi connectivity index (χ1v) is 13.9. The molecule has 0 aliphatic heterocycles. The predicted octanol–water partition coefficient (Wildman–Crippen LogP) is 8.46. The van der Waals surface area contributed by atoms with Crippen molar-refractivity contribution in [2.24, 2.45) is 0 Å². The van der Waals surface area contributed by atoms with Gasteiger partial charge in [0, 0.05) is 39.0 Å². The molecule has 5 nitrogen and oxygen atoms in total. The van der Waals surface area contributed by atoms with Crippen LogP contribution in [0.4, 0.5) is 4.39 Å². The molecular weight excluding hydrogens is 547 g/mol. The van der Waals surface area contributed by atoms with E-state index in [2.05, 4.69) is 29.9 Å². The monoisotopic (exact) mass is 572 g/mol. The molecule has 0 radical (unpaired) electrons. The van der Waals surface area contributed by atoms with Crippen LogP contribution in [0.15, 0.2) is 101 Å². The Morgan fingerprint density at radius 1 is 0.975 bits per heavy atom. The number of aromatic carboxylic acids is 1. The van der Waals surface area contributed by atoms with Crippen LogP contribution in [0.5, 0.6) is 0 Å². The zero-order valence-corrected chi connectivity index (χ0v) is 23.4. The first kappa shape index (κ1) is 27.5. The molecule has 1 amide bonds. The molecule has 1 heterocycles. The molecule has 202 valence electrons. The zero-order valence-electron chi connectivity index (χ0n) is 21.8. The lowest BCUT2D eigenvalue weighted by Gasteiger charge is -2.14. The van der Waals surface area contributed by atoms with Crippen molar-refractivity contribution in [3.8, 4) is 11.1 Å². The SMILES string of the molecule is CC(C)n1cc(Sc2cccc(Cl)c2)c2c(C(=O)NCc3ccc(C(=O)O)cc3)cc(-c3ccc(F)cc3)cc21. The topological polar surface area (TPSA) is 71.3 Å². The van der Waals surface area contributed by atoms with Crippen LogP contribution in [0.25, 0.3) is 22.0 Å². The number of carbonyl (C=O) groups is 2. The van der Waals surface area contributed by atoms with Gasteiger partial charge in [0.25, 0.3) is 5.91 Å². The van der Waals surface area contributed by atoms with Gasteiger partial charge in [0.1, 0.15) is 5.82 Å². The van der Waals surface area contributed by atoms with Gasteiger partial charge in [-0.25, -0.2) is 9.18 Å². The van der Waals surface area contributed by atoms with Crippen molar-refractivity contribution >= 4 is 46.1 Å². The Balaban J connectivity index is 1.61. The van der Waals surface area contributed by atoms with Gasteiger partial charge in [-0.05, 0) is 85.1 Å². The lowest BCUT2D eigenvalue weighted by Crippen LogP contribution is -2.23. The van der Waals surface area contributed by atoms with Gasteiger partial charge in [-0.2, -0.15) is 0 Å². The van der Waals surface area contributed by atoms with Crippen LogP contribution in [-0.4, -0.2) is 21.6 Å². The second-order valence-corrected chi connectivity index (χ2v) is 11.2. The molecule has 0 aliphatic rings. The summed E-state index contributed by atoms with van der Waals surface area (Å²) >= 11 is 7.78. The summed E-state index contributed by atoms with van der Waals surface area (Å²) in [5, 5.41) is 13.6. The standard InChI is InChI=1S/C32H26ClFN2O3S/c1-19(2)36-18-29(40-26-5-3-4-24(33)16-26)30-27(14-23(15-28(30)36)21-10-12-25(34)13-11-21)31(37)35-17-20-6-8-22(9-7-20)32(38)39/h3-16,18-19H,17H2,1-2H3,(H,35,37)(H,38,39). The summed E-state index contributed by atoms with van der Waals surface area (Å²) in [4.78, 5) is 26.8. The van der Waals surface area contributed by atoms with E-state index in [4.69, 9.17) is 16.7 Å². The molecule has 40 heavy (non-hydrogen) atoms. The maximum absolute atomic E-state index is 13.8. The second-order valence-electron chi connectivity index (χ2n) is 9.66. The number of hydrogen-bond acceptors (Lipinski definition) is 3. The van der Waals surface area contributed by atoms with E-state index in [1.807, 2.05) is 36.4 Å². The van der Waals surface area contributed by atoms with Crippen LogP contribution in [0.1, 0.15) is 46.2 Å². The van der Waals surface area contributed by atoms with Crippen molar-refractivity contribution in [1.29, 1.82) is 0 Å². The Hall–Kier alpha value is -4.07. The molecule has 0 spiro atoms. The Morgan fingerprint density at radius 3 is 2.35 bits per heavy atom. The summed E-state index contributed by atoms with van der Waals surface area (Å²) < 4.78 is 15.8. The number of nitrogens with one attached hydrogen (secondary N) is 1. The fourth-order valence-corrected chi connectivity index (χ4v) is 5.87. The second kappa shape index (κ2) is 11.6. The van der Waals surface area contributed by atoms with Crippen LogP contribution < -0.4 is 5.32 Å². The molecule has 0 fully saturated rings. The van der Waals surface area contributed by atoms with E-state index in [9.17, 15) is 14.0 Å². The fourth-order valence-electron chi connectivity index (χ4n) is 4.54. The lowest BCUT2D eigenvalue weighted by molar-refractivity contribution is 0.0696. The summed E-state index contributed by atoms with van der Waals surface area (Å²) in [7, 11) is 0. The molecule has 0 saturated carbocycles. The zero-order chi connectivity index (χ0) is 28.4. The van der Waals surface area contributed by atoms with Crippen LogP contribution in [0.3, 0.4) is 0 Å². The minimum absolute atomic E-state index is 0.114. The molecule has 5 rings (SSSR count). The molecule has 0 bridgehead atoms. The Morgan fingerprint density at radius 2 is 1.70 bits per heavy atom. The molecule has 5 aromatic rings. The smallest absolute Gasteiger partial charge is 0.335 e. The molecule has 0 aliphatic carbocycles. The normalized spacial score (nSPS) is 11.2. The Bertz CT molecular complexity index is 1710. The van der Waals surface area contributed by atoms with Crippen LogP contribution >= 0.6 is 23.4 Å². The quantitative estimate of drug-likeness (QED) is 0.196. The van der Waals surface area contributed by atoms with Crippen LogP contribution in [0.2, 0.25) is 5.02 Å². The molecular formula is C32H26ClFN2O3S. The largest absolute Gasteiger partial charge is 0.478 e. The predicted molar refractivity (Wildman–Crippen MR) is 158 cm³/mol. The van der Waals surface area contributed by atoms with Crippen molar-refractivity contribution in [1.82, 2.24) is 9.88 Å². The number of halogens is 2. The van der Waals surface area contributed by atoms with E-state index in [0.29, 0.717) is 10.6 Å². The van der Waals surface area contributed by atoms with Gasteiger partial charge in [-0.15, -0.1) is 0 Å². The van der Waals surface area contributed by atoms with Gasteiger partial charge >= 0.3 is 5.97 Å². The minimum Gasteiger partial charge on any atom is -0.478 e. The number of carbonyl (C=O) groups excluding carboxylic acids is 1. The summed E-state index contributed by atoms with van der Waals surface area (Å²) in [6.07, 6.45) is 2.05. The summed E-state index contributed by atoms with van der Waals surface area (Å²) in [6.45, 7) is 4.39. The third kappa shape index (κ3) is 5.91. The van der Waals surface area contributed by atoms with Gasteiger partial charge in [0.2, 0.25) is 0 Å². The highest BCUT2D eigenvalue weighted by Gasteiger charge is 2.21. The highest BCUT2D eigenvalue weighted by Crippen LogP contribution is 2.40. The molecule has 8 heteroatoms. The van der Waals surface area contributed by atoms with E-state index in [-0.39, 0.29) is 29.9 Å². The van der Waals surface area contributed by atoms with Crippen molar-refractivity contribution in [3.05, 3.63) is 119 Å². The van der Waals surface area contributed by atoms with Crippen LogP contribution in [0, 0.1) is 5.82 Å². The van der Waals surface area contributed by atoms with Gasteiger partial charge < -0.3 is 15.0 Å².